The molecule has 0 unspecified atom stereocenters. The van der Waals surface area contributed by atoms with E-state index in [1.54, 1.807) is 18.3 Å². The molecule has 0 spiro atoms. The Balaban J connectivity index is 1.50. The summed E-state index contributed by atoms with van der Waals surface area (Å²) in [6.45, 7) is 0. The van der Waals surface area contributed by atoms with Crippen LogP contribution in [0.15, 0.2) is 53.6 Å². The molecule has 1 heterocycles. The van der Waals surface area contributed by atoms with Gasteiger partial charge in [-0.05, 0) is 37.1 Å². The van der Waals surface area contributed by atoms with Crippen LogP contribution in [0, 0.1) is 5.92 Å². The first-order chi connectivity index (χ1) is 10.7. The van der Waals surface area contributed by atoms with Gasteiger partial charge in [0.25, 0.3) is 0 Å². The summed E-state index contributed by atoms with van der Waals surface area (Å²) in [5.74, 6) is 1.25. The molecule has 3 rings (SSSR count). The monoisotopic (exact) mass is 312 g/mol. The Hall–Kier alpha value is -2.14. The highest BCUT2D eigenvalue weighted by Crippen LogP contribution is 2.33. The molecule has 1 N–H and O–H groups in total. The number of carbonyl (C=O) groups is 2. The predicted molar refractivity (Wildman–Crippen MR) is 87.1 cm³/mol. The molecule has 112 valence electrons. The van der Waals surface area contributed by atoms with Gasteiger partial charge >= 0.3 is 0 Å². The number of nitrogens with one attached hydrogen (secondary N) is 1. The first-order valence-corrected chi connectivity index (χ1v) is 8.19. The molecule has 1 aromatic heterocycles. The van der Waals surface area contributed by atoms with Crippen LogP contribution in [0.1, 0.15) is 23.2 Å². The molecule has 0 atom stereocenters. The summed E-state index contributed by atoms with van der Waals surface area (Å²) in [5, 5.41) is 2.74. The standard InChI is InChI=1S/C17H16N2O2S/c20-16(19-15-3-1-2-10-18-15)11-22-14-8-6-13(7-9-14)17(21)12-4-5-12/h1-3,6-10,12H,4-5,11H2,(H,18,19,20). The van der Waals surface area contributed by atoms with Gasteiger partial charge in [0.1, 0.15) is 5.82 Å². The van der Waals surface area contributed by atoms with Crippen molar-refractivity contribution in [1.82, 2.24) is 4.98 Å². The maximum atomic E-state index is 11.9. The van der Waals surface area contributed by atoms with Gasteiger partial charge in [-0.25, -0.2) is 4.98 Å². The zero-order valence-electron chi connectivity index (χ0n) is 12.0. The third kappa shape index (κ3) is 3.95. The van der Waals surface area contributed by atoms with E-state index in [0.717, 1.165) is 23.3 Å². The average molecular weight is 312 g/mol. The van der Waals surface area contributed by atoms with Crippen LogP contribution in [0.5, 0.6) is 0 Å². The van der Waals surface area contributed by atoms with Crippen LogP contribution in [-0.2, 0) is 4.79 Å². The highest BCUT2D eigenvalue weighted by Gasteiger charge is 2.30. The Kier molecular flexibility index (Phi) is 4.53. The summed E-state index contributed by atoms with van der Waals surface area (Å²) in [4.78, 5) is 28.8. The number of nitrogens with zero attached hydrogens (tertiary/aromatic N) is 1. The number of thioether (sulfide) groups is 1. The van der Waals surface area contributed by atoms with Crippen LogP contribution in [0.25, 0.3) is 0 Å². The zero-order valence-corrected chi connectivity index (χ0v) is 12.8. The summed E-state index contributed by atoms with van der Waals surface area (Å²) in [6, 6.07) is 12.9. The molecule has 0 saturated heterocycles. The van der Waals surface area contributed by atoms with E-state index in [1.165, 1.54) is 11.8 Å². The van der Waals surface area contributed by atoms with Gasteiger partial charge in [-0.3, -0.25) is 9.59 Å². The smallest absolute Gasteiger partial charge is 0.235 e. The van der Waals surface area contributed by atoms with E-state index in [0.29, 0.717) is 11.6 Å². The van der Waals surface area contributed by atoms with E-state index >= 15 is 0 Å². The Morgan fingerprint density at radius 3 is 2.55 bits per heavy atom. The fraction of sp³-hybridized carbons (Fsp3) is 0.235. The second-order valence-corrected chi connectivity index (χ2v) is 6.26. The van der Waals surface area contributed by atoms with E-state index < -0.39 is 0 Å². The topological polar surface area (TPSA) is 59.1 Å². The Morgan fingerprint density at radius 1 is 1.14 bits per heavy atom. The quantitative estimate of drug-likeness (QED) is 0.656. The Bertz CT molecular complexity index is 667. The van der Waals surface area contributed by atoms with Crippen molar-refractivity contribution in [2.75, 3.05) is 11.1 Å². The second-order valence-electron chi connectivity index (χ2n) is 5.21. The summed E-state index contributed by atoms with van der Waals surface area (Å²) in [7, 11) is 0. The van der Waals surface area contributed by atoms with Crippen molar-refractivity contribution in [3.63, 3.8) is 0 Å². The Labute approximate surface area is 133 Å². The number of Topliss-reactive ketones (excluding diaryl/α,β-unsaturated/α-hetero) is 1. The second kappa shape index (κ2) is 6.75. The van der Waals surface area contributed by atoms with Crippen LogP contribution in [0.4, 0.5) is 5.82 Å². The molecule has 4 nitrogen and oxygen atoms in total. The molecule has 2 aromatic rings. The van der Waals surface area contributed by atoms with Crippen LogP contribution in [-0.4, -0.2) is 22.4 Å². The largest absolute Gasteiger partial charge is 0.310 e. The van der Waals surface area contributed by atoms with Crippen molar-refractivity contribution in [3.8, 4) is 0 Å². The van der Waals surface area contributed by atoms with E-state index in [4.69, 9.17) is 0 Å². The van der Waals surface area contributed by atoms with Crippen LogP contribution >= 0.6 is 11.8 Å². The Morgan fingerprint density at radius 2 is 1.91 bits per heavy atom. The number of aromatic nitrogens is 1. The summed E-state index contributed by atoms with van der Waals surface area (Å²) >= 11 is 1.44. The fourth-order valence-electron chi connectivity index (χ4n) is 2.06. The lowest BCUT2D eigenvalue weighted by Crippen LogP contribution is -2.14. The fourth-order valence-corrected chi connectivity index (χ4v) is 2.76. The molecule has 0 radical (unpaired) electrons. The molecular weight excluding hydrogens is 296 g/mol. The number of pyridine rings is 1. The third-order valence-corrected chi connectivity index (χ3v) is 4.40. The highest BCUT2D eigenvalue weighted by atomic mass is 32.2. The summed E-state index contributed by atoms with van der Waals surface area (Å²) in [6.07, 6.45) is 3.67. The van der Waals surface area contributed by atoms with Gasteiger partial charge < -0.3 is 5.32 Å². The number of amides is 1. The van der Waals surface area contributed by atoms with Gasteiger partial charge in [0.05, 0.1) is 5.75 Å². The molecule has 5 heteroatoms. The van der Waals surface area contributed by atoms with Crippen molar-refractivity contribution >= 4 is 29.3 Å². The van der Waals surface area contributed by atoms with Crippen LogP contribution in [0.2, 0.25) is 0 Å². The predicted octanol–water partition coefficient (Wildman–Crippen LogP) is 3.41. The zero-order chi connectivity index (χ0) is 15.4. The number of carbonyl (C=O) groups excluding carboxylic acids is 2. The van der Waals surface area contributed by atoms with Crippen molar-refractivity contribution in [1.29, 1.82) is 0 Å². The lowest BCUT2D eigenvalue weighted by Gasteiger charge is -2.05. The van der Waals surface area contributed by atoms with E-state index in [2.05, 4.69) is 10.3 Å². The molecule has 0 bridgehead atoms. The molecule has 1 saturated carbocycles. The van der Waals surface area contributed by atoms with Crippen LogP contribution < -0.4 is 5.32 Å². The minimum atomic E-state index is -0.0955. The minimum Gasteiger partial charge on any atom is -0.310 e. The highest BCUT2D eigenvalue weighted by molar-refractivity contribution is 8.00. The molecule has 1 aromatic carbocycles. The maximum Gasteiger partial charge on any atom is 0.235 e. The maximum absolute atomic E-state index is 11.9. The molecule has 1 aliphatic carbocycles. The van der Waals surface area contributed by atoms with Gasteiger partial charge in [0, 0.05) is 22.6 Å². The summed E-state index contributed by atoms with van der Waals surface area (Å²) < 4.78 is 0. The molecule has 1 aliphatic rings. The van der Waals surface area contributed by atoms with Gasteiger partial charge in [0.15, 0.2) is 5.78 Å². The molecule has 1 fully saturated rings. The number of anilines is 1. The molecule has 22 heavy (non-hydrogen) atoms. The summed E-state index contributed by atoms with van der Waals surface area (Å²) in [5.41, 5.74) is 0.768. The van der Waals surface area contributed by atoms with Gasteiger partial charge in [-0.1, -0.05) is 18.2 Å². The van der Waals surface area contributed by atoms with Crippen molar-refractivity contribution in [2.45, 2.75) is 17.7 Å². The lowest BCUT2D eigenvalue weighted by molar-refractivity contribution is -0.113. The number of hydrogen-bond acceptors (Lipinski definition) is 4. The molecule has 1 amide bonds. The van der Waals surface area contributed by atoms with Gasteiger partial charge in [0.2, 0.25) is 5.91 Å². The van der Waals surface area contributed by atoms with E-state index in [1.807, 2.05) is 30.3 Å². The first-order valence-electron chi connectivity index (χ1n) is 7.20. The van der Waals surface area contributed by atoms with Crippen LogP contribution in [0.3, 0.4) is 0 Å². The van der Waals surface area contributed by atoms with E-state index in [-0.39, 0.29) is 17.6 Å². The SMILES string of the molecule is O=C(CSc1ccc(C(=O)C2CC2)cc1)Nc1ccccn1. The van der Waals surface area contributed by atoms with Crippen molar-refractivity contribution in [3.05, 3.63) is 54.2 Å². The van der Waals surface area contributed by atoms with Gasteiger partial charge in [-0.15, -0.1) is 11.8 Å². The third-order valence-electron chi connectivity index (χ3n) is 3.39. The number of hydrogen-bond donors (Lipinski definition) is 1. The molecule has 0 aliphatic heterocycles. The average Bonchev–Trinajstić information content (AvgIpc) is 3.39. The minimum absolute atomic E-state index is 0.0955. The van der Waals surface area contributed by atoms with Crippen molar-refractivity contribution in [2.24, 2.45) is 5.92 Å². The van der Waals surface area contributed by atoms with Gasteiger partial charge in [-0.2, -0.15) is 0 Å². The molecular formula is C17H16N2O2S. The van der Waals surface area contributed by atoms with E-state index in [9.17, 15) is 9.59 Å². The first kappa shape index (κ1) is 14.8. The lowest BCUT2D eigenvalue weighted by atomic mass is 10.1. The van der Waals surface area contributed by atoms with Crippen molar-refractivity contribution < 1.29 is 9.59 Å². The number of rotatable bonds is 6. The normalized spacial score (nSPS) is 13.6. The number of benzene rings is 1. The number of ketones is 1.